The Hall–Kier alpha value is -1.83. The van der Waals surface area contributed by atoms with Crippen molar-refractivity contribution in [3.8, 4) is 0 Å². The number of hydrogen-bond acceptors (Lipinski definition) is 4. The van der Waals surface area contributed by atoms with Crippen LogP contribution in [-0.2, 0) is 20.9 Å². The Morgan fingerprint density at radius 3 is 2.64 bits per heavy atom. The topological polar surface area (TPSA) is 55.8 Å². The highest BCUT2D eigenvalue weighted by molar-refractivity contribution is 14.1. The van der Waals surface area contributed by atoms with E-state index in [-0.39, 0.29) is 19.2 Å². The van der Waals surface area contributed by atoms with Crippen LogP contribution in [0.1, 0.15) is 45.1 Å². The molecule has 0 bridgehead atoms. The van der Waals surface area contributed by atoms with Crippen molar-refractivity contribution in [2.45, 2.75) is 51.7 Å². The third kappa shape index (κ3) is 5.83. The van der Waals surface area contributed by atoms with Gasteiger partial charge < -0.3 is 9.47 Å². The minimum absolute atomic E-state index is 0.182. The van der Waals surface area contributed by atoms with Crippen LogP contribution in [0.5, 0.6) is 0 Å². The lowest BCUT2D eigenvalue weighted by molar-refractivity contribution is -0.155. The van der Waals surface area contributed by atoms with Crippen LogP contribution < -0.4 is 0 Å². The van der Waals surface area contributed by atoms with Gasteiger partial charge in [0.1, 0.15) is 12.1 Å². The number of rotatable bonds is 8. The zero-order valence-electron chi connectivity index (χ0n) is 16.5. The van der Waals surface area contributed by atoms with Crippen LogP contribution in [0.25, 0.3) is 0 Å². The molecule has 0 aromatic heterocycles. The van der Waals surface area contributed by atoms with Crippen molar-refractivity contribution in [2.24, 2.45) is 0 Å². The van der Waals surface area contributed by atoms with E-state index in [0.29, 0.717) is 19.4 Å². The van der Waals surface area contributed by atoms with Crippen molar-refractivity contribution in [3.05, 3.63) is 57.7 Å². The number of amides is 1. The van der Waals surface area contributed by atoms with Gasteiger partial charge in [-0.1, -0.05) is 55.5 Å². The molecule has 28 heavy (non-hydrogen) atoms. The van der Waals surface area contributed by atoms with Gasteiger partial charge in [0.25, 0.3) is 0 Å². The van der Waals surface area contributed by atoms with E-state index in [4.69, 9.17) is 9.47 Å². The molecule has 2 rings (SSSR count). The van der Waals surface area contributed by atoms with E-state index in [1.165, 1.54) is 0 Å². The fraction of sp³-hybridized carbons (Fsp3) is 0.455. The maximum atomic E-state index is 12.9. The Morgan fingerprint density at radius 2 is 1.96 bits per heavy atom. The maximum Gasteiger partial charge on any atom is 0.411 e. The zero-order valence-corrected chi connectivity index (χ0v) is 18.7. The van der Waals surface area contributed by atoms with Crippen molar-refractivity contribution in [1.29, 1.82) is 0 Å². The molecule has 1 heterocycles. The summed E-state index contributed by atoms with van der Waals surface area (Å²) in [7, 11) is 0. The summed E-state index contributed by atoms with van der Waals surface area (Å²) in [6.07, 6.45) is 8.24. The second-order valence-electron chi connectivity index (χ2n) is 6.67. The summed E-state index contributed by atoms with van der Waals surface area (Å²) in [5.74, 6) is -0.355. The van der Waals surface area contributed by atoms with E-state index in [1.54, 1.807) is 11.8 Å². The van der Waals surface area contributed by atoms with E-state index < -0.39 is 11.6 Å². The Morgan fingerprint density at radius 1 is 1.21 bits per heavy atom. The summed E-state index contributed by atoms with van der Waals surface area (Å²) in [6, 6.07) is 9.53. The van der Waals surface area contributed by atoms with Gasteiger partial charge in [0, 0.05) is 13.0 Å². The molecule has 6 heteroatoms. The molecule has 1 fully saturated rings. The molecule has 1 unspecified atom stereocenters. The number of benzene rings is 1. The number of ether oxygens (including phenoxy) is 2. The minimum atomic E-state index is -1.00. The molecule has 0 saturated carbocycles. The Kier molecular flexibility index (Phi) is 9.02. The molecule has 0 radical (unpaired) electrons. The van der Waals surface area contributed by atoms with Crippen LogP contribution in [0.3, 0.4) is 0 Å². The number of likely N-dealkylation sites (tertiary alicyclic amines) is 1. The molecular weight excluding hydrogens is 469 g/mol. The SMILES string of the molecule is CC/C=C\C=C(/I)CC1(C(=O)OCC)CCCN1C(=O)OCc1ccccc1. The lowest BCUT2D eigenvalue weighted by atomic mass is 9.91. The smallest absolute Gasteiger partial charge is 0.411 e. The fourth-order valence-electron chi connectivity index (χ4n) is 3.32. The number of carbonyl (C=O) groups is 2. The standard InChI is InChI=1S/C22H28INO4/c1-3-5-7-13-19(23)16-22(20(25)27-4-2)14-10-15-24(22)21(26)28-17-18-11-8-6-9-12-18/h5-9,11-13H,3-4,10,14-17H2,1-2H3/b7-5-,19-13-. The van der Waals surface area contributed by atoms with E-state index in [0.717, 1.165) is 22.0 Å². The number of halogens is 1. The molecule has 0 N–H and O–H groups in total. The first-order valence-electron chi connectivity index (χ1n) is 9.70. The Labute approximate surface area is 180 Å². The number of allylic oxidation sites excluding steroid dienone is 3. The van der Waals surface area contributed by atoms with E-state index in [9.17, 15) is 9.59 Å². The third-order valence-corrected chi connectivity index (χ3v) is 5.42. The summed E-state index contributed by atoms with van der Waals surface area (Å²) in [5, 5.41) is 0. The molecule has 1 amide bonds. The Bertz CT molecular complexity index is 717. The van der Waals surface area contributed by atoms with Gasteiger partial charge in [0.15, 0.2) is 0 Å². The van der Waals surface area contributed by atoms with Gasteiger partial charge in [-0.15, -0.1) is 0 Å². The third-order valence-electron chi connectivity index (χ3n) is 4.68. The highest BCUT2D eigenvalue weighted by Gasteiger charge is 2.51. The Balaban J connectivity index is 2.19. The molecule has 1 aliphatic rings. The maximum absolute atomic E-state index is 12.9. The molecule has 1 atom stereocenters. The van der Waals surface area contributed by atoms with E-state index in [2.05, 4.69) is 35.6 Å². The molecule has 1 aliphatic heterocycles. The largest absolute Gasteiger partial charge is 0.464 e. The van der Waals surface area contributed by atoms with Gasteiger partial charge in [0.05, 0.1) is 6.61 Å². The van der Waals surface area contributed by atoms with Crippen LogP contribution in [0.2, 0.25) is 0 Å². The predicted molar refractivity (Wildman–Crippen MR) is 118 cm³/mol. The molecular formula is C22H28INO4. The monoisotopic (exact) mass is 497 g/mol. The van der Waals surface area contributed by atoms with Gasteiger partial charge >= 0.3 is 12.1 Å². The normalized spacial score (nSPS) is 19.8. The zero-order chi connectivity index (χ0) is 20.4. The van der Waals surface area contributed by atoms with Crippen molar-refractivity contribution >= 4 is 34.7 Å². The van der Waals surface area contributed by atoms with Gasteiger partial charge in [-0.25, -0.2) is 9.59 Å². The lowest BCUT2D eigenvalue weighted by Crippen LogP contribution is -2.54. The van der Waals surface area contributed by atoms with Crippen molar-refractivity contribution in [3.63, 3.8) is 0 Å². The van der Waals surface area contributed by atoms with Crippen LogP contribution >= 0.6 is 22.6 Å². The summed E-state index contributed by atoms with van der Waals surface area (Å²) < 4.78 is 11.9. The van der Waals surface area contributed by atoms with Crippen LogP contribution in [0.4, 0.5) is 4.79 Å². The van der Waals surface area contributed by atoms with Gasteiger partial charge in [0.2, 0.25) is 0 Å². The van der Waals surface area contributed by atoms with Crippen molar-refractivity contribution in [1.82, 2.24) is 4.90 Å². The van der Waals surface area contributed by atoms with Crippen LogP contribution in [-0.4, -0.2) is 35.7 Å². The number of hydrogen-bond donors (Lipinski definition) is 0. The summed E-state index contributed by atoms with van der Waals surface area (Å²) in [5.41, 5.74) is -0.0902. The van der Waals surface area contributed by atoms with Crippen LogP contribution in [0.15, 0.2) is 52.1 Å². The second kappa shape index (κ2) is 11.2. The number of carbonyl (C=O) groups excluding carboxylic acids is 2. The second-order valence-corrected chi connectivity index (χ2v) is 8.06. The van der Waals surface area contributed by atoms with Gasteiger partial charge in [-0.3, -0.25) is 4.90 Å². The summed E-state index contributed by atoms with van der Waals surface area (Å²) in [4.78, 5) is 27.3. The first-order chi connectivity index (χ1) is 13.5. The van der Waals surface area contributed by atoms with Crippen molar-refractivity contribution in [2.75, 3.05) is 13.2 Å². The van der Waals surface area contributed by atoms with E-state index in [1.807, 2.05) is 42.5 Å². The summed E-state index contributed by atoms with van der Waals surface area (Å²) in [6.45, 7) is 4.80. The predicted octanol–water partition coefficient (Wildman–Crippen LogP) is 5.40. The fourth-order valence-corrected chi connectivity index (χ4v) is 4.16. The first kappa shape index (κ1) is 22.5. The molecule has 1 aromatic carbocycles. The van der Waals surface area contributed by atoms with Gasteiger partial charge in [-0.2, -0.15) is 0 Å². The van der Waals surface area contributed by atoms with Gasteiger partial charge in [-0.05, 0) is 57.9 Å². The van der Waals surface area contributed by atoms with Crippen molar-refractivity contribution < 1.29 is 19.1 Å². The summed E-state index contributed by atoms with van der Waals surface area (Å²) >= 11 is 2.23. The lowest BCUT2D eigenvalue weighted by Gasteiger charge is -2.35. The quantitative estimate of drug-likeness (QED) is 0.274. The average molecular weight is 497 g/mol. The highest BCUT2D eigenvalue weighted by atomic mass is 127. The minimum Gasteiger partial charge on any atom is -0.464 e. The number of nitrogens with zero attached hydrogens (tertiary/aromatic N) is 1. The van der Waals surface area contributed by atoms with Crippen LogP contribution in [0, 0.1) is 0 Å². The molecule has 1 aromatic rings. The molecule has 5 nitrogen and oxygen atoms in total. The molecule has 1 saturated heterocycles. The average Bonchev–Trinajstić information content (AvgIpc) is 3.12. The molecule has 152 valence electrons. The first-order valence-corrected chi connectivity index (χ1v) is 10.8. The number of esters is 1. The molecule has 0 spiro atoms. The highest BCUT2D eigenvalue weighted by Crippen LogP contribution is 2.38. The van der Waals surface area contributed by atoms with E-state index >= 15 is 0 Å². The molecule has 0 aliphatic carbocycles.